The van der Waals surface area contributed by atoms with E-state index < -0.39 is 0 Å². The lowest BCUT2D eigenvalue weighted by Crippen LogP contribution is -2.25. The van der Waals surface area contributed by atoms with Gasteiger partial charge >= 0.3 is 0 Å². The molecule has 0 aliphatic carbocycles. The van der Waals surface area contributed by atoms with Crippen molar-refractivity contribution in [3.63, 3.8) is 0 Å². The predicted molar refractivity (Wildman–Crippen MR) is 91.2 cm³/mol. The first-order valence-corrected chi connectivity index (χ1v) is 7.72. The molecular formula is C19H22N2O. The summed E-state index contributed by atoms with van der Waals surface area (Å²) in [5, 5.41) is 3.48. The summed E-state index contributed by atoms with van der Waals surface area (Å²) in [6, 6.07) is 16.6. The third kappa shape index (κ3) is 3.68. The number of nitrogens with zero attached hydrogens (tertiary/aromatic N) is 1. The van der Waals surface area contributed by atoms with Gasteiger partial charge in [-0.05, 0) is 29.3 Å². The monoisotopic (exact) mass is 294 g/mol. The maximum absolute atomic E-state index is 5.93. The molecule has 2 aromatic rings. The first-order valence-electron chi connectivity index (χ1n) is 7.72. The van der Waals surface area contributed by atoms with Crippen LogP contribution >= 0.6 is 0 Å². The minimum absolute atomic E-state index is 0.601. The van der Waals surface area contributed by atoms with Crippen LogP contribution in [0.3, 0.4) is 0 Å². The van der Waals surface area contributed by atoms with Crippen LogP contribution in [-0.4, -0.2) is 24.5 Å². The standard InChI is InChI=1S/C19H22N2O/c1-2-11-21-12-10-20-19-9-8-18(13-17(19)14-21)22-15-16-6-4-3-5-7-16/h2-9,13,20H,1,10-12,14-15H2. The summed E-state index contributed by atoms with van der Waals surface area (Å²) in [6.07, 6.45) is 1.96. The molecule has 1 heterocycles. The molecule has 1 aliphatic heterocycles. The van der Waals surface area contributed by atoms with Gasteiger partial charge < -0.3 is 10.1 Å². The summed E-state index contributed by atoms with van der Waals surface area (Å²) < 4.78 is 5.93. The number of hydrogen-bond acceptors (Lipinski definition) is 3. The van der Waals surface area contributed by atoms with Gasteiger partial charge in [-0.3, -0.25) is 4.90 Å². The topological polar surface area (TPSA) is 24.5 Å². The minimum atomic E-state index is 0.601. The van der Waals surface area contributed by atoms with E-state index >= 15 is 0 Å². The molecule has 0 fully saturated rings. The SMILES string of the molecule is C=CCN1CCNc2ccc(OCc3ccccc3)cc2C1. The van der Waals surface area contributed by atoms with Crippen LogP contribution in [0.15, 0.2) is 61.2 Å². The first-order chi connectivity index (χ1) is 10.8. The number of nitrogens with one attached hydrogen (secondary N) is 1. The minimum Gasteiger partial charge on any atom is -0.489 e. The Hall–Kier alpha value is -2.26. The van der Waals surface area contributed by atoms with Crippen molar-refractivity contribution in [2.45, 2.75) is 13.2 Å². The molecule has 0 saturated heterocycles. The second kappa shape index (κ2) is 7.14. The number of rotatable bonds is 5. The molecule has 0 saturated carbocycles. The van der Waals surface area contributed by atoms with Crippen molar-refractivity contribution in [2.24, 2.45) is 0 Å². The van der Waals surface area contributed by atoms with Crippen LogP contribution < -0.4 is 10.1 Å². The van der Waals surface area contributed by atoms with Gasteiger partial charge in [-0.15, -0.1) is 6.58 Å². The Labute approximate surface area is 132 Å². The fraction of sp³-hybridized carbons (Fsp3) is 0.263. The van der Waals surface area contributed by atoms with E-state index in [0.29, 0.717) is 6.61 Å². The summed E-state index contributed by atoms with van der Waals surface area (Å²) in [7, 11) is 0. The molecule has 0 spiro atoms. The lowest BCUT2D eigenvalue weighted by molar-refractivity contribution is 0.300. The molecule has 0 amide bonds. The van der Waals surface area contributed by atoms with Crippen LogP contribution in [0.4, 0.5) is 5.69 Å². The molecule has 1 N–H and O–H groups in total. The van der Waals surface area contributed by atoms with Crippen molar-refractivity contribution >= 4 is 5.69 Å². The number of benzene rings is 2. The van der Waals surface area contributed by atoms with Gasteiger partial charge in [-0.25, -0.2) is 0 Å². The Balaban J connectivity index is 1.70. The Morgan fingerprint density at radius 1 is 1.18 bits per heavy atom. The number of ether oxygens (including phenoxy) is 1. The molecule has 3 nitrogen and oxygen atoms in total. The summed E-state index contributed by atoms with van der Waals surface area (Å²) >= 11 is 0. The highest BCUT2D eigenvalue weighted by Gasteiger charge is 2.13. The van der Waals surface area contributed by atoms with Crippen LogP contribution in [-0.2, 0) is 13.2 Å². The molecule has 0 bridgehead atoms. The smallest absolute Gasteiger partial charge is 0.120 e. The van der Waals surface area contributed by atoms with Crippen molar-refractivity contribution in [3.8, 4) is 5.75 Å². The Bertz CT molecular complexity index is 625. The predicted octanol–water partition coefficient (Wildman–Crippen LogP) is 3.68. The largest absolute Gasteiger partial charge is 0.489 e. The van der Waals surface area contributed by atoms with E-state index in [2.05, 4.69) is 41.1 Å². The summed E-state index contributed by atoms with van der Waals surface area (Å²) in [5.74, 6) is 0.921. The fourth-order valence-electron chi connectivity index (χ4n) is 2.71. The third-order valence-electron chi connectivity index (χ3n) is 3.85. The van der Waals surface area contributed by atoms with Gasteiger partial charge in [0.1, 0.15) is 12.4 Å². The van der Waals surface area contributed by atoms with E-state index in [1.54, 1.807) is 0 Å². The molecule has 0 atom stereocenters. The Morgan fingerprint density at radius 3 is 2.86 bits per heavy atom. The average molecular weight is 294 g/mol. The fourth-order valence-corrected chi connectivity index (χ4v) is 2.71. The van der Waals surface area contributed by atoms with Gasteiger partial charge in [-0.1, -0.05) is 36.4 Å². The molecule has 3 heteroatoms. The van der Waals surface area contributed by atoms with Crippen LogP contribution in [0.1, 0.15) is 11.1 Å². The van der Waals surface area contributed by atoms with Gasteiger partial charge in [0.05, 0.1) is 0 Å². The highest BCUT2D eigenvalue weighted by atomic mass is 16.5. The summed E-state index contributed by atoms with van der Waals surface area (Å²) in [5.41, 5.74) is 3.67. The van der Waals surface area contributed by atoms with Crippen molar-refractivity contribution in [2.75, 3.05) is 25.0 Å². The Kier molecular flexibility index (Phi) is 4.76. The molecule has 2 aromatic carbocycles. The molecule has 3 rings (SSSR count). The summed E-state index contributed by atoms with van der Waals surface area (Å²) in [6.45, 7) is 8.27. The molecule has 114 valence electrons. The van der Waals surface area contributed by atoms with Crippen LogP contribution in [0, 0.1) is 0 Å². The van der Waals surface area contributed by atoms with E-state index in [-0.39, 0.29) is 0 Å². The van der Waals surface area contributed by atoms with E-state index in [4.69, 9.17) is 4.74 Å². The van der Waals surface area contributed by atoms with Crippen LogP contribution in [0.5, 0.6) is 5.75 Å². The molecule has 0 aromatic heterocycles. The van der Waals surface area contributed by atoms with E-state index in [0.717, 1.165) is 31.9 Å². The van der Waals surface area contributed by atoms with E-state index in [1.807, 2.05) is 30.3 Å². The zero-order valence-corrected chi connectivity index (χ0v) is 12.8. The number of hydrogen-bond donors (Lipinski definition) is 1. The van der Waals surface area contributed by atoms with Gasteiger partial charge in [0.2, 0.25) is 0 Å². The highest BCUT2D eigenvalue weighted by Crippen LogP contribution is 2.26. The molecule has 0 radical (unpaired) electrons. The quantitative estimate of drug-likeness (QED) is 0.851. The second-order valence-corrected chi connectivity index (χ2v) is 5.54. The van der Waals surface area contributed by atoms with Gasteiger partial charge in [0, 0.05) is 31.9 Å². The summed E-state index contributed by atoms with van der Waals surface area (Å²) in [4.78, 5) is 2.38. The second-order valence-electron chi connectivity index (χ2n) is 5.54. The third-order valence-corrected chi connectivity index (χ3v) is 3.85. The molecular weight excluding hydrogens is 272 g/mol. The Morgan fingerprint density at radius 2 is 2.05 bits per heavy atom. The highest BCUT2D eigenvalue weighted by molar-refractivity contribution is 5.55. The van der Waals surface area contributed by atoms with E-state index in [1.165, 1.54) is 16.8 Å². The zero-order chi connectivity index (χ0) is 15.2. The number of anilines is 1. The lowest BCUT2D eigenvalue weighted by atomic mass is 10.1. The lowest BCUT2D eigenvalue weighted by Gasteiger charge is -2.17. The maximum atomic E-state index is 5.93. The van der Waals surface area contributed by atoms with Crippen molar-refractivity contribution in [1.29, 1.82) is 0 Å². The van der Waals surface area contributed by atoms with Crippen molar-refractivity contribution in [3.05, 3.63) is 72.3 Å². The normalized spacial score (nSPS) is 14.5. The van der Waals surface area contributed by atoms with Gasteiger partial charge in [0.25, 0.3) is 0 Å². The average Bonchev–Trinajstić information content (AvgIpc) is 2.75. The van der Waals surface area contributed by atoms with Crippen LogP contribution in [0.2, 0.25) is 0 Å². The van der Waals surface area contributed by atoms with Gasteiger partial charge in [0.15, 0.2) is 0 Å². The van der Waals surface area contributed by atoms with Gasteiger partial charge in [-0.2, -0.15) is 0 Å². The molecule has 22 heavy (non-hydrogen) atoms. The maximum Gasteiger partial charge on any atom is 0.120 e. The first kappa shape index (κ1) is 14.7. The molecule has 1 aliphatic rings. The number of fused-ring (bicyclic) bond motifs is 1. The zero-order valence-electron chi connectivity index (χ0n) is 12.8. The molecule has 0 unspecified atom stereocenters. The van der Waals surface area contributed by atoms with E-state index in [9.17, 15) is 0 Å². The van der Waals surface area contributed by atoms with Crippen molar-refractivity contribution in [1.82, 2.24) is 4.90 Å². The van der Waals surface area contributed by atoms with Crippen LogP contribution in [0.25, 0.3) is 0 Å². The van der Waals surface area contributed by atoms with Crippen molar-refractivity contribution < 1.29 is 4.74 Å².